The van der Waals surface area contributed by atoms with E-state index in [-0.39, 0.29) is 12.3 Å². The van der Waals surface area contributed by atoms with Gasteiger partial charge in [0.1, 0.15) is 5.75 Å². The van der Waals surface area contributed by atoms with Crippen molar-refractivity contribution >= 4 is 33.2 Å². The van der Waals surface area contributed by atoms with Crippen LogP contribution in [-0.4, -0.2) is 29.0 Å². The second kappa shape index (κ2) is 8.09. The quantitative estimate of drug-likeness (QED) is 0.436. The van der Waals surface area contributed by atoms with E-state index in [2.05, 4.69) is 27.0 Å². The van der Waals surface area contributed by atoms with Crippen molar-refractivity contribution in [1.29, 1.82) is 0 Å². The number of benzene rings is 2. The lowest BCUT2D eigenvalue weighted by molar-refractivity contribution is 0.101. The topological polar surface area (TPSA) is 56.1 Å². The summed E-state index contributed by atoms with van der Waals surface area (Å²) in [6.07, 6.45) is 0. The smallest absolute Gasteiger partial charge is 0.184 e. The number of rotatable bonds is 7. The first kappa shape index (κ1) is 19.2. The molecule has 0 unspecified atom stereocenters. The van der Waals surface area contributed by atoms with Crippen molar-refractivity contribution in [3.63, 3.8) is 0 Å². The molecule has 2 aromatic carbocycles. The SMILES string of the molecule is COc1ccc2c(c1)c(C(=O)CNc1nc(C)cs1)c(C)n2Cc1ccccc1. The molecule has 0 fully saturated rings. The van der Waals surface area contributed by atoms with Gasteiger partial charge in [-0.2, -0.15) is 0 Å². The van der Waals surface area contributed by atoms with Crippen LogP contribution in [0.3, 0.4) is 0 Å². The maximum absolute atomic E-state index is 13.2. The molecule has 0 aliphatic heterocycles. The van der Waals surface area contributed by atoms with Crippen molar-refractivity contribution in [3.05, 3.63) is 76.4 Å². The Morgan fingerprint density at radius 2 is 1.97 bits per heavy atom. The van der Waals surface area contributed by atoms with Crippen LogP contribution >= 0.6 is 11.3 Å². The summed E-state index contributed by atoms with van der Waals surface area (Å²) in [6.45, 7) is 4.87. The molecular weight excluding hydrogens is 382 g/mol. The van der Waals surface area contributed by atoms with Gasteiger partial charge in [-0.3, -0.25) is 4.79 Å². The summed E-state index contributed by atoms with van der Waals surface area (Å²) in [7, 11) is 1.64. The van der Waals surface area contributed by atoms with E-state index in [1.165, 1.54) is 16.9 Å². The number of fused-ring (bicyclic) bond motifs is 1. The number of aryl methyl sites for hydroxylation is 1. The minimum Gasteiger partial charge on any atom is -0.497 e. The van der Waals surface area contributed by atoms with Crippen LogP contribution in [0.4, 0.5) is 5.13 Å². The molecule has 4 aromatic rings. The highest BCUT2D eigenvalue weighted by Gasteiger charge is 2.21. The molecule has 5 nitrogen and oxygen atoms in total. The van der Waals surface area contributed by atoms with Gasteiger partial charge in [0.15, 0.2) is 10.9 Å². The fraction of sp³-hybridized carbons (Fsp3) is 0.217. The zero-order valence-corrected chi connectivity index (χ0v) is 17.5. The number of carbonyl (C=O) groups is 1. The Morgan fingerprint density at radius 3 is 2.66 bits per heavy atom. The molecule has 0 radical (unpaired) electrons. The van der Waals surface area contributed by atoms with Crippen LogP contribution in [0.1, 0.15) is 27.3 Å². The van der Waals surface area contributed by atoms with Gasteiger partial charge < -0.3 is 14.6 Å². The molecule has 0 aliphatic carbocycles. The van der Waals surface area contributed by atoms with Crippen molar-refractivity contribution < 1.29 is 9.53 Å². The maximum Gasteiger partial charge on any atom is 0.184 e. The van der Waals surface area contributed by atoms with E-state index in [0.29, 0.717) is 6.54 Å². The van der Waals surface area contributed by atoms with E-state index in [1.807, 2.05) is 55.6 Å². The van der Waals surface area contributed by atoms with Crippen LogP contribution < -0.4 is 10.1 Å². The molecule has 2 aromatic heterocycles. The third-order valence-electron chi connectivity index (χ3n) is 5.01. The highest BCUT2D eigenvalue weighted by atomic mass is 32.1. The van der Waals surface area contributed by atoms with Gasteiger partial charge >= 0.3 is 0 Å². The van der Waals surface area contributed by atoms with E-state index in [4.69, 9.17) is 4.74 Å². The number of nitrogens with one attached hydrogen (secondary N) is 1. The zero-order chi connectivity index (χ0) is 20.4. The van der Waals surface area contributed by atoms with Crippen LogP contribution in [0, 0.1) is 13.8 Å². The largest absolute Gasteiger partial charge is 0.497 e. The molecule has 0 aliphatic rings. The molecule has 0 bridgehead atoms. The van der Waals surface area contributed by atoms with Crippen molar-refractivity contribution in [2.24, 2.45) is 0 Å². The second-order valence-corrected chi connectivity index (χ2v) is 7.84. The fourth-order valence-corrected chi connectivity index (χ4v) is 4.28. The number of nitrogens with zero attached hydrogens (tertiary/aromatic N) is 2. The zero-order valence-electron chi connectivity index (χ0n) is 16.7. The molecule has 4 rings (SSSR count). The van der Waals surface area contributed by atoms with Gasteiger partial charge in [0.25, 0.3) is 0 Å². The Morgan fingerprint density at radius 1 is 1.17 bits per heavy atom. The van der Waals surface area contributed by atoms with Gasteiger partial charge in [0, 0.05) is 34.1 Å². The lowest BCUT2D eigenvalue weighted by atomic mass is 10.1. The average molecular weight is 406 g/mol. The van der Waals surface area contributed by atoms with Crippen LogP contribution in [-0.2, 0) is 6.54 Å². The third-order valence-corrected chi connectivity index (χ3v) is 5.93. The number of aromatic nitrogens is 2. The van der Waals surface area contributed by atoms with Gasteiger partial charge in [-0.25, -0.2) is 4.98 Å². The normalized spacial score (nSPS) is 11.0. The number of carbonyl (C=O) groups excluding carboxylic acids is 1. The van der Waals surface area contributed by atoms with E-state index in [0.717, 1.165) is 38.7 Å². The molecule has 2 heterocycles. The number of hydrogen-bond acceptors (Lipinski definition) is 5. The van der Waals surface area contributed by atoms with Gasteiger partial charge in [0.05, 0.1) is 19.3 Å². The van der Waals surface area contributed by atoms with Gasteiger partial charge in [-0.05, 0) is 37.6 Å². The van der Waals surface area contributed by atoms with E-state index in [1.54, 1.807) is 7.11 Å². The Hall–Kier alpha value is -3.12. The molecule has 1 N–H and O–H groups in total. The van der Waals surface area contributed by atoms with Crippen LogP contribution in [0.25, 0.3) is 10.9 Å². The summed E-state index contributed by atoms with van der Waals surface area (Å²) in [5, 5.41) is 6.81. The predicted octanol–water partition coefficient (Wildman–Crippen LogP) is 5.07. The van der Waals surface area contributed by atoms with E-state index < -0.39 is 0 Å². The summed E-state index contributed by atoms with van der Waals surface area (Å²) in [5.74, 6) is 0.785. The van der Waals surface area contributed by atoms with Crippen molar-refractivity contribution in [2.75, 3.05) is 19.0 Å². The number of ketones is 1. The summed E-state index contributed by atoms with van der Waals surface area (Å²) < 4.78 is 7.61. The molecule has 0 atom stereocenters. The highest BCUT2D eigenvalue weighted by molar-refractivity contribution is 7.13. The monoisotopic (exact) mass is 405 g/mol. The standard InChI is InChI=1S/C23H23N3O2S/c1-15-14-29-23(25-15)24-12-21(27)22-16(2)26(13-17-7-5-4-6-8-17)20-10-9-18(28-3)11-19(20)22/h4-11,14H,12-13H2,1-3H3,(H,24,25). The Bertz CT molecular complexity index is 1160. The number of thiazole rings is 1. The Balaban J connectivity index is 1.73. The average Bonchev–Trinajstić information content (AvgIpc) is 3.27. The maximum atomic E-state index is 13.2. The summed E-state index contributed by atoms with van der Waals surface area (Å²) in [6, 6.07) is 16.2. The second-order valence-electron chi connectivity index (χ2n) is 6.99. The van der Waals surface area contributed by atoms with Crippen molar-refractivity contribution in [2.45, 2.75) is 20.4 Å². The van der Waals surface area contributed by atoms with Gasteiger partial charge in [-0.1, -0.05) is 30.3 Å². The third kappa shape index (κ3) is 3.89. The minimum absolute atomic E-state index is 0.0421. The summed E-state index contributed by atoms with van der Waals surface area (Å²) in [4.78, 5) is 17.6. The Kier molecular flexibility index (Phi) is 5.36. The Labute approximate surface area is 174 Å². The van der Waals surface area contributed by atoms with Crippen LogP contribution in [0.15, 0.2) is 53.9 Å². The molecule has 0 spiro atoms. The first-order valence-corrected chi connectivity index (χ1v) is 10.3. The molecule has 6 heteroatoms. The van der Waals surface area contributed by atoms with E-state index >= 15 is 0 Å². The molecular formula is C23H23N3O2S. The van der Waals surface area contributed by atoms with Crippen molar-refractivity contribution in [3.8, 4) is 5.75 Å². The predicted molar refractivity (Wildman–Crippen MR) is 118 cm³/mol. The molecule has 148 valence electrons. The fourth-order valence-electron chi connectivity index (χ4n) is 3.59. The first-order valence-electron chi connectivity index (χ1n) is 9.47. The lowest BCUT2D eigenvalue weighted by Crippen LogP contribution is -2.15. The highest BCUT2D eigenvalue weighted by Crippen LogP contribution is 2.30. The number of methoxy groups -OCH3 is 1. The summed E-state index contributed by atoms with van der Waals surface area (Å²) in [5.41, 5.74) is 4.86. The first-order chi connectivity index (χ1) is 14.1. The molecule has 0 saturated carbocycles. The molecule has 0 amide bonds. The lowest BCUT2D eigenvalue weighted by Gasteiger charge is -2.09. The minimum atomic E-state index is 0.0421. The van der Waals surface area contributed by atoms with Gasteiger partial charge in [0.2, 0.25) is 0 Å². The number of ether oxygens (including phenoxy) is 1. The number of hydrogen-bond donors (Lipinski definition) is 1. The van der Waals surface area contributed by atoms with Crippen LogP contribution in [0.5, 0.6) is 5.75 Å². The van der Waals surface area contributed by atoms with Crippen molar-refractivity contribution in [1.82, 2.24) is 9.55 Å². The molecule has 0 saturated heterocycles. The number of anilines is 1. The molecule has 29 heavy (non-hydrogen) atoms. The summed E-state index contributed by atoms with van der Waals surface area (Å²) >= 11 is 1.51. The van der Waals surface area contributed by atoms with Gasteiger partial charge in [-0.15, -0.1) is 11.3 Å². The number of Topliss-reactive ketones (excluding diaryl/α,β-unsaturated/α-hetero) is 1. The van der Waals surface area contributed by atoms with Crippen LogP contribution in [0.2, 0.25) is 0 Å². The van der Waals surface area contributed by atoms with E-state index in [9.17, 15) is 4.79 Å².